The third-order valence-electron chi connectivity index (χ3n) is 3.69. The van der Waals surface area contributed by atoms with E-state index in [1.54, 1.807) is 49.6 Å². The van der Waals surface area contributed by atoms with Gasteiger partial charge in [0.1, 0.15) is 11.5 Å². The van der Waals surface area contributed by atoms with Gasteiger partial charge in [-0.2, -0.15) is 5.10 Å². The molecule has 9 nitrogen and oxygen atoms in total. The van der Waals surface area contributed by atoms with E-state index in [2.05, 4.69) is 43.7 Å². The summed E-state index contributed by atoms with van der Waals surface area (Å²) >= 11 is 3.34. The number of hydrazone groups is 1. The molecule has 3 N–H and O–H groups in total. The van der Waals surface area contributed by atoms with E-state index in [0.29, 0.717) is 22.7 Å². The fourth-order valence-electron chi connectivity index (χ4n) is 2.22. The number of amides is 3. The summed E-state index contributed by atoms with van der Waals surface area (Å²) in [4.78, 5) is 35.3. The summed E-state index contributed by atoms with van der Waals surface area (Å²) < 4.78 is 11.4. The van der Waals surface area contributed by atoms with Gasteiger partial charge in [0.05, 0.1) is 13.3 Å². The van der Waals surface area contributed by atoms with Gasteiger partial charge in [0.25, 0.3) is 5.91 Å². The van der Waals surface area contributed by atoms with Crippen LogP contribution in [0.15, 0.2) is 64.7 Å². The van der Waals surface area contributed by atoms with Gasteiger partial charge in [-0.1, -0.05) is 22.0 Å². The molecule has 0 aliphatic heterocycles. The number of nitrogens with zero attached hydrogens (tertiary/aromatic N) is 1. The van der Waals surface area contributed by atoms with E-state index < -0.39 is 11.8 Å². The summed E-state index contributed by atoms with van der Waals surface area (Å²) in [6.45, 7) is 3.36. The number of benzene rings is 2. The van der Waals surface area contributed by atoms with Crippen LogP contribution in [0, 0.1) is 0 Å². The molecule has 10 heteroatoms. The smallest absolute Gasteiger partial charge is 0.329 e. The van der Waals surface area contributed by atoms with Gasteiger partial charge >= 0.3 is 11.8 Å². The molecule has 3 amide bonds. The number of carbonyl (C=O) groups excluding carboxylic acids is 3. The van der Waals surface area contributed by atoms with Gasteiger partial charge in [-0.25, -0.2) is 5.43 Å². The summed E-state index contributed by atoms with van der Waals surface area (Å²) in [7, 11) is 1.56. The summed E-state index contributed by atoms with van der Waals surface area (Å²) in [6.07, 6.45) is 2.75. The molecule has 0 bridgehead atoms. The van der Waals surface area contributed by atoms with E-state index in [0.717, 1.165) is 4.47 Å². The Bertz CT molecular complexity index is 976. The second-order valence-electron chi connectivity index (χ2n) is 5.95. The highest BCUT2D eigenvalue weighted by molar-refractivity contribution is 9.10. The number of methoxy groups -OCH3 is 1. The molecule has 0 saturated heterocycles. The van der Waals surface area contributed by atoms with Crippen LogP contribution in [0.25, 0.3) is 0 Å². The van der Waals surface area contributed by atoms with E-state index in [4.69, 9.17) is 9.47 Å². The molecule has 2 aromatic carbocycles. The van der Waals surface area contributed by atoms with Crippen molar-refractivity contribution in [2.24, 2.45) is 5.10 Å². The van der Waals surface area contributed by atoms with E-state index in [9.17, 15) is 14.4 Å². The zero-order valence-electron chi connectivity index (χ0n) is 16.7. The quantitative estimate of drug-likeness (QED) is 0.216. The lowest BCUT2D eigenvalue weighted by Crippen LogP contribution is -2.37. The Balaban J connectivity index is 1.95. The molecule has 0 unspecified atom stereocenters. The summed E-state index contributed by atoms with van der Waals surface area (Å²) in [5.41, 5.74) is 3.20. The van der Waals surface area contributed by atoms with Crippen LogP contribution in [-0.4, -0.2) is 44.2 Å². The van der Waals surface area contributed by atoms with Crippen molar-refractivity contribution >= 4 is 45.6 Å². The molecule has 0 aliphatic carbocycles. The van der Waals surface area contributed by atoms with Crippen molar-refractivity contribution < 1.29 is 23.9 Å². The first-order valence-corrected chi connectivity index (χ1v) is 9.80. The maximum atomic E-state index is 12.2. The molecule has 0 aliphatic rings. The Morgan fingerprint density at radius 1 is 1.13 bits per heavy atom. The van der Waals surface area contributed by atoms with Gasteiger partial charge in [-0.15, -0.1) is 6.58 Å². The van der Waals surface area contributed by atoms with E-state index in [-0.39, 0.29) is 19.1 Å². The van der Waals surface area contributed by atoms with Gasteiger partial charge in [-0.3, -0.25) is 14.4 Å². The summed E-state index contributed by atoms with van der Waals surface area (Å²) in [6, 6.07) is 11.9. The molecule has 2 aromatic rings. The van der Waals surface area contributed by atoms with Crippen molar-refractivity contribution in [2.45, 2.75) is 0 Å². The molecule has 0 heterocycles. The second-order valence-corrected chi connectivity index (χ2v) is 6.86. The lowest BCUT2D eigenvalue weighted by Gasteiger charge is -2.10. The van der Waals surface area contributed by atoms with Crippen LogP contribution in [0.5, 0.6) is 11.5 Å². The Kier molecular flexibility index (Phi) is 9.24. The Labute approximate surface area is 187 Å². The first-order chi connectivity index (χ1) is 14.9. The predicted octanol–water partition coefficient (Wildman–Crippen LogP) is 2.23. The highest BCUT2D eigenvalue weighted by Crippen LogP contribution is 2.22. The van der Waals surface area contributed by atoms with E-state index in [1.807, 2.05) is 0 Å². The molecule has 0 fully saturated rings. The number of nitrogens with one attached hydrogen (secondary N) is 3. The predicted molar refractivity (Wildman–Crippen MR) is 120 cm³/mol. The van der Waals surface area contributed by atoms with Crippen molar-refractivity contribution in [2.75, 3.05) is 25.6 Å². The minimum Gasteiger partial charge on any atom is -0.497 e. The number of anilines is 1. The lowest BCUT2D eigenvalue weighted by atomic mass is 10.2. The average molecular weight is 489 g/mol. The minimum atomic E-state index is -0.922. The van der Waals surface area contributed by atoms with Gasteiger partial charge in [0.2, 0.25) is 0 Å². The molecular weight excluding hydrogens is 468 g/mol. The minimum absolute atomic E-state index is 0.165. The van der Waals surface area contributed by atoms with Crippen molar-refractivity contribution in [1.29, 1.82) is 0 Å². The van der Waals surface area contributed by atoms with Crippen LogP contribution in [-0.2, 0) is 14.4 Å². The van der Waals surface area contributed by atoms with Gasteiger partial charge < -0.3 is 20.1 Å². The first kappa shape index (κ1) is 23.6. The molecule has 0 saturated carbocycles. The Morgan fingerprint density at radius 2 is 1.87 bits per heavy atom. The fraction of sp³-hybridized carbons (Fsp3) is 0.143. The van der Waals surface area contributed by atoms with Crippen LogP contribution in [0.2, 0.25) is 0 Å². The maximum absolute atomic E-state index is 12.2. The molecule has 0 atom stereocenters. The highest BCUT2D eigenvalue weighted by atomic mass is 79.9. The zero-order chi connectivity index (χ0) is 22.6. The second kappa shape index (κ2) is 12.1. The zero-order valence-corrected chi connectivity index (χ0v) is 18.3. The largest absolute Gasteiger partial charge is 0.497 e. The number of hydrogen-bond acceptors (Lipinski definition) is 6. The van der Waals surface area contributed by atoms with Crippen molar-refractivity contribution in [3.05, 3.63) is 65.2 Å². The number of halogens is 1. The molecule has 31 heavy (non-hydrogen) atoms. The lowest BCUT2D eigenvalue weighted by molar-refractivity contribution is -0.139. The Hall–Kier alpha value is -3.66. The monoisotopic (exact) mass is 488 g/mol. The fourth-order valence-corrected chi connectivity index (χ4v) is 2.60. The molecule has 0 aromatic heterocycles. The number of carbonyl (C=O) groups is 3. The normalized spacial score (nSPS) is 10.3. The van der Waals surface area contributed by atoms with Crippen LogP contribution in [0.4, 0.5) is 5.69 Å². The highest BCUT2D eigenvalue weighted by Gasteiger charge is 2.11. The number of rotatable bonds is 9. The number of ether oxygens (including phenoxy) is 2. The van der Waals surface area contributed by atoms with Crippen LogP contribution < -0.4 is 25.5 Å². The standard InChI is InChI=1S/C21H21BrN4O5/c1-3-10-23-20(28)21(29)26-24-12-14-11-15(22)4-9-18(14)31-13-19(27)25-16-5-7-17(30-2)8-6-16/h3-9,11-12H,1,10,13H2,2H3,(H,23,28)(H,25,27)(H,26,29)/b24-12-. The maximum Gasteiger partial charge on any atom is 0.329 e. The molecule has 162 valence electrons. The van der Waals surface area contributed by atoms with Crippen molar-refractivity contribution in [3.8, 4) is 11.5 Å². The number of hydrogen-bond donors (Lipinski definition) is 3. The van der Waals surface area contributed by atoms with Gasteiger partial charge in [0.15, 0.2) is 6.61 Å². The van der Waals surface area contributed by atoms with Crippen LogP contribution in [0.3, 0.4) is 0 Å². The van der Waals surface area contributed by atoms with E-state index in [1.165, 1.54) is 12.3 Å². The van der Waals surface area contributed by atoms with Gasteiger partial charge in [0, 0.05) is 22.3 Å². The summed E-state index contributed by atoms with van der Waals surface area (Å²) in [5.74, 6) is -1.07. The first-order valence-electron chi connectivity index (χ1n) is 9.01. The Morgan fingerprint density at radius 3 is 2.55 bits per heavy atom. The topological polar surface area (TPSA) is 118 Å². The molecular formula is C21H21BrN4O5. The third kappa shape index (κ3) is 7.94. The SMILES string of the molecule is C=CCNC(=O)C(=O)N/N=C\c1cc(Br)ccc1OCC(=O)Nc1ccc(OC)cc1. The summed E-state index contributed by atoms with van der Waals surface area (Å²) in [5, 5.41) is 8.80. The van der Waals surface area contributed by atoms with Gasteiger partial charge in [-0.05, 0) is 42.5 Å². The molecule has 0 spiro atoms. The third-order valence-corrected chi connectivity index (χ3v) is 4.18. The molecule has 2 rings (SSSR count). The van der Waals surface area contributed by atoms with Crippen molar-refractivity contribution in [1.82, 2.24) is 10.7 Å². The van der Waals surface area contributed by atoms with Crippen molar-refractivity contribution in [3.63, 3.8) is 0 Å². The van der Waals surface area contributed by atoms with E-state index >= 15 is 0 Å². The average Bonchev–Trinajstić information content (AvgIpc) is 2.77. The van der Waals surface area contributed by atoms with Crippen LogP contribution in [0.1, 0.15) is 5.56 Å². The van der Waals surface area contributed by atoms with Crippen LogP contribution >= 0.6 is 15.9 Å². The molecule has 0 radical (unpaired) electrons.